The Labute approximate surface area is 161 Å². The second-order valence-electron chi connectivity index (χ2n) is 7.20. The van der Waals surface area contributed by atoms with E-state index in [9.17, 15) is 34.8 Å². The molecule has 1 saturated heterocycles. The molecule has 1 aromatic carbocycles. The van der Waals surface area contributed by atoms with Gasteiger partial charge in [-0.25, -0.2) is 14.4 Å². The first-order chi connectivity index (χ1) is 13.2. The summed E-state index contributed by atoms with van der Waals surface area (Å²) < 4.78 is 0. The molecule has 0 spiro atoms. The molecule has 3 unspecified atom stereocenters. The van der Waals surface area contributed by atoms with Crippen molar-refractivity contribution in [2.75, 3.05) is 13.1 Å². The van der Waals surface area contributed by atoms with Gasteiger partial charge in [0.05, 0.1) is 23.8 Å². The van der Waals surface area contributed by atoms with Gasteiger partial charge in [-0.2, -0.15) is 0 Å². The van der Waals surface area contributed by atoms with Crippen LogP contribution < -0.4 is 0 Å². The zero-order chi connectivity index (χ0) is 20.6. The molecule has 1 fully saturated rings. The maximum absolute atomic E-state index is 12.0. The van der Waals surface area contributed by atoms with E-state index < -0.39 is 36.3 Å². The largest absolute Gasteiger partial charge is 0.478 e. The fourth-order valence-corrected chi connectivity index (χ4v) is 4.08. The van der Waals surface area contributed by atoms with Crippen LogP contribution in [0.4, 0.5) is 9.59 Å². The number of carbonyl (C=O) groups is 3. The molecule has 0 saturated carbocycles. The van der Waals surface area contributed by atoms with E-state index in [1.54, 1.807) is 31.2 Å². The van der Waals surface area contributed by atoms with Crippen LogP contribution in [0.2, 0.25) is 0 Å². The summed E-state index contributed by atoms with van der Waals surface area (Å²) >= 11 is 0. The molecular formula is C19H22N2O7. The van der Waals surface area contributed by atoms with E-state index in [1.807, 2.05) is 0 Å². The number of aliphatic hydroxyl groups is 1. The highest BCUT2D eigenvalue weighted by molar-refractivity contribution is 5.99. The summed E-state index contributed by atoms with van der Waals surface area (Å²) in [6.45, 7) is 1.45. The van der Waals surface area contributed by atoms with Crippen LogP contribution in [0.1, 0.15) is 24.5 Å². The molecule has 3 atom stereocenters. The summed E-state index contributed by atoms with van der Waals surface area (Å²) in [6.07, 6.45) is -2.37. The number of carboxylic acids is 1. The molecule has 4 N–H and O–H groups in total. The van der Waals surface area contributed by atoms with Gasteiger partial charge in [0.25, 0.3) is 0 Å². The highest BCUT2D eigenvalue weighted by Gasteiger charge is 2.47. The number of aliphatic carboxylic acids is 1. The highest BCUT2D eigenvalue weighted by atomic mass is 16.4. The van der Waals surface area contributed by atoms with Crippen LogP contribution in [-0.2, 0) is 11.2 Å². The molecule has 150 valence electrons. The van der Waals surface area contributed by atoms with Crippen LogP contribution in [0.25, 0.3) is 5.57 Å². The van der Waals surface area contributed by atoms with Gasteiger partial charge in [-0.1, -0.05) is 24.3 Å². The van der Waals surface area contributed by atoms with E-state index in [2.05, 4.69) is 0 Å². The first kappa shape index (κ1) is 19.7. The maximum Gasteiger partial charge on any atom is 0.408 e. The summed E-state index contributed by atoms with van der Waals surface area (Å²) in [5.74, 6) is -1.26. The Kier molecular flexibility index (Phi) is 5.28. The molecule has 2 bridgehead atoms. The molecule has 0 aromatic heterocycles. The van der Waals surface area contributed by atoms with E-state index in [0.29, 0.717) is 17.6 Å². The average Bonchev–Trinajstić information content (AvgIpc) is 2.59. The van der Waals surface area contributed by atoms with Crippen molar-refractivity contribution in [2.24, 2.45) is 0 Å². The third-order valence-corrected chi connectivity index (χ3v) is 5.21. The van der Waals surface area contributed by atoms with Gasteiger partial charge in [-0.05, 0) is 36.5 Å². The van der Waals surface area contributed by atoms with Crippen molar-refractivity contribution in [3.8, 4) is 0 Å². The Balaban J connectivity index is 2.05. The SMILES string of the molecule is CC(O)Cc1ccc(C2=C(C(=O)O)C3CN(C(=O)O)CC(C2)N3C(=O)O)cc1. The lowest BCUT2D eigenvalue weighted by Crippen LogP contribution is -2.64. The third kappa shape index (κ3) is 3.65. The quantitative estimate of drug-likeness (QED) is 0.612. The number of carboxylic acid groups (broad SMARTS) is 3. The Bertz CT molecular complexity index is 831. The van der Waals surface area contributed by atoms with Crippen LogP contribution in [0.15, 0.2) is 29.8 Å². The molecule has 0 aliphatic carbocycles. The summed E-state index contributed by atoms with van der Waals surface area (Å²) in [5, 5.41) is 38.2. The predicted molar refractivity (Wildman–Crippen MR) is 98.0 cm³/mol. The number of fused-ring (bicyclic) bond motifs is 2. The standard InChI is InChI=1S/C19H22N2O7/c1-10(22)6-11-2-4-12(5-3-11)14-7-13-8-20(18(25)26)9-15(16(14)17(23)24)21(13)19(27)28/h2-5,10,13,15,22H,6-9H2,1H3,(H,23,24)(H,25,26)(H,27,28). The molecule has 3 rings (SSSR count). The Morgan fingerprint density at radius 2 is 1.71 bits per heavy atom. The molecule has 1 aromatic rings. The van der Waals surface area contributed by atoms with Crippen molar-refractivity contribution in [1.82, 2.24) is 9.80 Å². The number of piperazine rings is 1. The van der Waals surface area contributed by atoms with Gasteiger partial charge in [0, 0.05) is 13.1 Å². The lowest BCUT2D eigenvalue weighted by Gasteiger charge is -2.48. The number of hydrogen-bond acceptors (Lipinski definition) is 4. The third-order valence-electron chi connectivity index (χ3n) is 5.21. The molecule has 0 radical (unpaired) electrons. The molecule has 2 amide bonds. The zero-order valence-electron chi connectivity index (χ0n) is 15.3. The fourth-order valence-electron chi connectivity index (χ4n) is 4.08. The summed E-state index contributed by atoms with van der Waals surface area (Å²) in [7, 11) is 0. The van der Waals surface area contributed by atoms with Crippen molar-refractivity contribution >= 4 is 23.7 Å². The number of hydrogen-bond donors (Lipinski definition) is 4. The summed E-state index contributed by atoms with van der Waals surface area (Å²) in [6, 6.07) is 5.41. The second-order valence-corrected chi connectivity index (χ2v) is 7.20. The van der Waals surface area contributed by atoms with Gasteiger partial charge in [0.2, 0.25) is 0 Å². The van der Waals surface area contributed by atoms with Crippen molar-refractivity contribution in [2.45, 2.75) is 38.0 Å². The Morgan fingerprint density at radius 3 is 2.21 bits per heavy atom. The van der Waals surface area contributed by atoms with Crippen molar-refractivity contribution in [1.29, 1.82) is 0 Å². The van der Waals surface area contributed by atoms with Crippen LogP contribution >= 0.6 is 0 Å². The van der Waals surface area contributed by atoms with E-state index in [0.717, 1.165) is 15.4 Å². The second kappa shape index (κ2) is 7.51. The normalized spacial score (nSPS) is 22.8. The predicted octanol–water partition coefficient (Wildman–Crippen LogP) is 1.56. The van der Waals surface area contributed by atoms with Crippen molar-refractivity contribution < 1.29 is 34.8 Å². The monoisotopic (exact) mass is 390 g/mol. The van der Waals surface area contributed by atoms with Gasteiger partial charge in [-0.15, -0.1) is 0 Å². The summed E-state index contributed by atoms with van der Waals surface area (Å²) in [5.41, 5.74) is 1.99. The van der Waals surface area contributed by atoms with Gasteiger partial charge in [0.15, 0.2) is 0 Å². The molecule has 28 heavy (non-hydrogen) atoms. The maximum atomic E-state index is 12.0. The molecule has 2 heterocycles. The highest BCUT2D eigenvalue weighted by Crippen LogP contribution is 2.38. The average molecular weight is 390 g/mol. The summed E-state index contributed by atoms with van der Waals surface area (Å²) in [4.78, 5) is 37.3. The molecule has 9 heteroatoms. The lowest BCUT2D eigenvalue weighted by atomic mass is 9.82. The van der Waals surface area contributed by atoms with E-state index in [1.165, 1.54) is 0 Å². The molecule has 9 nitrogen and oxygen atoms in total. The number of aliphatic hydroxyl groups excluding tert-OH is 1. The van der Waals surface area contributed by atoms with Gasteiger partial charge in [0.1, 0.15) is 0 Å². The van der Waals surface area contributed by atoms with Crippen LogP contribution in [-0.4, -0.2) is 79.7 Å². The van der Waals surface area contributed by atoms with Gasteiger partial charge >= 0.3 is 18.2 Å². The van der Waals surface area contributed by atoms with Crippen LogP contribution in [0, 0.1) is 0 Å². The van der Waals surface area contributed by atoms with E-state index >= 15 is 0 Å². The fraction of sp³-hybridized carbons (Fsp3) is 0.421. The number of benzene rings is 1. The first-order valence-electron chi connectivity index (χ1n) is 8.91. The smallest absolute Gasteiger partial charge is 0.408 e. The molecule has 2 aliphatic rings. The first-order valence-corrected chi connectivity index (χ1v) is 8.91. The van der Waals surface area contributed by atoms with Crippen LogP contribution in [0.5, 0.6) is 0 Å². The number of nitrogens with zero attached hydrogens (tertiary/aromatic N) is 2. The molecular weight excluding hydrogens is 368 g/mol. The van der Waals surface area contributed by atoms with E-state index in [4.69, 9.17) is 0 Å². The minimum Gasteiger partial charge on any atom is -0.478 e. The van der Waals surface area contributed by atoms with Gasteiger partial charge in [-0.3, -0.25) is 4.90 Å². The number of amides is 2. The van der Waals surface area contributed by atoms with Gasteiger partial charge < -0.3 is 25.3 Å². The Hall–Kier alpha value is -3.07. The number of rotatable bonds is 4. The van der Waals surface area contributed by atoms with Crippen molar-refractivity contribution in [3.05, 3.63) is 41.0 Å². The van der Waals surface area contributed by atoms with Crippen molar-refractivity contribution in [3.63, 3.8) is 0 Å². The minimum atomic E-state index is -1.26. The zero-order valence-corrected chi connectivity index (χ0v) is 15.3. The lowest BCUT2D eigenvalue weighted by molar-refractivity contribution is -0.133. The Morgan fingerprint density at radius 1 is 1.07 bits per heavy atom. The minimum absolute atomic E-state index is 0.00531. The molecule has 2 aliphatic heterocycles. The topological polar surface area (TPSA) is 139 Å². The van der Waals surface area contributed by atoms with Crippen LogP contribution in [0.3, 0.4) is 0 Å². The van der Waals surface area contributed by atoms with E-state index in [-0.39, 0.29) is 25.1 Å².